The highest BCUT2D eigenvalue weighted by Crippen LogP contribution is 2.21. The second-order valence-electron chi connectivity index (χ2n) is 5.85. The maximum absolute atomic E-state index is 12.1. The lowest BCUT2D eigenvalue weighted by Crippen LogP contribution is -2.30. The first-order chi connectivity index (χ1) is 11.4. The van der Waals surface area contributed by atoms with Crippen molar-refractivity contribution in [2.75, 3.05) is 10.6 Å². The van der Waals surface area contributed by atoms with E-state index in [4.69, 9.17) is 4.74 Å². The maximum Gasteiger partial charge on any atom is 0.307 e. The lowest BCUT2D eigenvalue weighted by atomic mass is 10.1. The van der Waals surface area contributed by atoms with Gasteiger partial charge in [-0.3, -0.25) is 14.4 Å². The molecule has 0 saturated carbocycles. The molecule has 0 aliphatic heterocycles. The van der Waals surface area contributed by atoms with Crippen LogP contribution in [0.2, 0.25) is 0 Å². The van der Waals surface area contributed by atoms with Crippen LogP contribution in [-0.2, 0) is 19.1 Å². The number of allylic oxidation sites excluding steroid dienone is 2. The minimum absolute atomic E-state index is 0.163. The van der Waals surface area contributed by atoms with Gasteiger partial charge in [-0.25, -0.2) is 0 Å². The monoisotopic (exact) mass is 330 g/mol. The van der Waals surface area contributed by atoms with Crippen molar-refractivity contribution in [1.82, 2.24) is 0 Å². The molecule has 0 saturated heterocycles. The van der Waals surface area contributed by atoms with E-state index in [0.717, 1.165) is 12.8 Å². The van der Waals surface area contributed by atoms with Gasteiger partial charge in [0.05, 0.1) is 6.42 Å². The predicted molar refractivity (Wildman–Crippen MR) is 91.4 cm³/mol. The molecule has 128 valence electrons. The third-order valence-electron chi connectivity index (χ3n) is 3.69. The second kappa shape index (κ2) is 8.29. The molecule has 0 bridgehead atoms. The van der Waals surface area contributed by atoms with Gasteiger partial charge in [-0.2, -0.15) is 0 Å². The number of anilines is 2. The van der Waals surface area contributed by atoms with E-state index in [9.17, 15) is 14.4 Å². The third-order valence-corrected chi connectivity index (χ3v) is 3.69. The topological polar surface area (TPSA) is 84.5 Å². The van der Waals surface area contributed by atoms with Crippen molar-refractivity contribution in [3.05, 3.63) is 36.4 Å². The zero-order valence-corrected chi connectivity index (χ0v) is 13.9. The Kier molecular flexibility index (Phi) is 6.12. The molecule has 1 aromatic rings. The summed E-state index contributed by atoms with van der Waals surface area (Å²) >= 11 is 0. The standard InChI is InChI=1S/C18H22N2O4/c1-12(24-17(22)11-14-5-3-4-6-14)18(23)20-16-9-7-15(8-10-16)19-13(2)21/h3,5,7-10,12,14H,4,6,11H2,1-2H3,(H,19,21)(H,20,23)/t12-,14+/m1/s1. The molecule has 1 aliphatic carbocycles. The summed E-state index contributed by atoms with van der Waals surface area (Å²) in [5.74, 6) is -0.702. The predicted octanol–water partition coefficient (Wildman–Crippen LogP) is 2.87. The van der Waals surface area contributed by atoms with Gasteiger partial charge >= 0.3 is 5.97 Å². The van der Waals surface area contributed by atoms with Gasteiger partial charge in [-0.05, 0) is 49.9 Å². The fourth-order valence-corrected chi connectivity index (χ4v) is 2.46. The largest absolute Gasteiger partial charge is 0.453 e. The number of esters is 1. The summed E-state index contributed by atoms with van der Waals surface area (Å²) in [5.41, 5.74) is 1.21. The Bertz CT molecular complexity index is 637. The Morgan fingerprint density at radius 2 is 1.79 bits per heavy atom. The number of ether oxygens (including phenoxy) is 1. The highest BCUT2D eigenvalue weighted by atomic mass is 16.5. The number of carbonyl (C=O) groups excluding carboxylic acids is 3. The molecule has 1 aliphatic rings. The Hall–Kier alpha value is -2.63. The Labute approximate surface area is 141 Å². The fourth-order valence-electron chi connectivity index (χ4n) is 2.46. The van der Waals surface area contributed by atoms with Gasteiger partial charge in [-0.15, -0.1) is 0 Å². The molecule has 6 heteroatoms. The first kappa shape index (κ1) is 17.7. The van der Waals surface area contributed by atoms with Crippen LogP contribution < -0.4 is 10.6 Å². The Morgan fingerprint density at radius 1 is 1.17 bits per heavy atom. The normalized spacial score (nSPS) is 17.2. The van der Waals surface area contributed by atoms with E-state index in [0.29, 0.717) is 17.8 Å². The van der Waals surface area contributed by atoms with E-state index in [1.165, 1.54) is 6.92 Å². The van der Waals surface area contributed by atoms with E-state index >= 15 is 0 Å². The van der Waals surface area contributed by atoms with Crippen LogP contribution in [0, 0.1) is 5.92 Å². The molecule has 0 aromatic heterocycles. The lowest BCUT2D eigenvalue weighted by Gasteiger charge is -2.15. The van der Waals surface area contributed by atoms with Crippen molar-refractivity contribution in [3.8, 4) is 0 Å². The molecule has 2 rings (SSSR count). The van der Waals surface area contributed by atoms with E-state index in [2.05, 4.69) is 16.7 Å². The number of amides is 2. The lowest BCUT2D eigenvalue weighted by molar-refractivity contribution is -0.153. The van der Waals surface area contributed by atoms with E-state index in [-0.39, 0.29) is 17.8 Å². The number of hydrogen-bond acceptors (Lipinski definition) is 4. The molecule has 0 fully saturated rings. The average Bonchev–Trinajstić information content (AvgIpc) is 3.01. The molecule has 6 nitrogen and oxygen atoms in total. The summed E-state index contributed by atoms with van der Waals surface area (Å²) in [6.45, 7) is 2.97. The number of benzene rings is 1. The summed E-state index contributed by atoms with van der Waals surface area (Å²) in [4.78, 5) is 34.9. The van der Waals surface area contributed by atoms with Crippen molar-refractivity contribution in [1.29, 1.82) is 0 Å². The molecule has 2 N–H and O–H groups in total. The molecule has 2 amide bonds. The van der Waals surface area contributed by atoms with E-state index in [1.54, 1.807) is 31.2 Å². The van der Waals surface area contributed by atoms with Crippen LogP contribution in [0.15, 0.2) is 36.4 Å². The summed E-state index contributed by atoms with van der Waals surface area (Å²) in [6, 6.07) is 6.70. The van der Waals surface area contributed by atoms with Crippen LogP contribution in [0.4, 0.5) is 11.4 Å². The number of hydrogen-bond donors (Lipinski definition) is 2. The van der Waals surface area contributed by atoms with Gasteiger partial charge in [0.15, 0.2) is 6.10 Å². The highest BCUT2D eigenvalue weighted by molar-refractivity contribution is 5.95. The van der Waals surface area contributed by atoms with Crippen molar-refractivity contribution >= 4 is 29.2 Å². The summed E-state index contributed by atoms with van der Waals surface area (Å²) < 4.78 is 5.18. The highest BCUT2D eigenvalue weighted by Gasteiger charge is 2.21. The molecular formula is C18H22N2O4. The van der Waals surface area contributed by atoms with Gasteiger partial charge < -0.3 is 15.4 Å². The van der Waals surface area contributed by atoms with Crippen molar-refractivity contribution in [2.24, 2.45) is 5.92 Å². The fraction of sp³-hybridized carbons (Fsp3) is 0.389. The molecule has 1 aromatic carbocycles. The molecular weight excluding hydrogens is 308 g/mol. The molecule has 0 spiro atoms. The number of rotatable bonds is 6. The molecule has 24 heavy (non-hydrogen) atoms. The van der Waals surface area contributed by atoms with Crippen LogP contribution in [0.5, 0.6) is 0 Å². The summed E-state index contributed by atoms with van der Waals surface area (Å²) in [5, 5.41) is 5.32. The van der Waals surface area contributed by atoms with Crippen molar-refractivity contribution in [3.63, 3.8) is 0 Å². The zero-order chi connectivity index (χ0) is 17.5. The van der Waals surface area contributed by atoms with Crippen LogP contribution in [0.1, 0.15) is 33.1 Å². The minimum Gasteiger partial charge on any atom is -0.453 e. The number of carbonyl (C=O) groups is 3. The van der Waals surface area contributed by atoms with Crippen LogP contribution in [0.25, 0.3) is 0 Å². The third kappa shape index (κ3) is 5.53. The minimum atomic E-state index is -0.863. The Morgan fingerprint density at radius 3 is 2.33 bits per heavy atom. The SMILES string of the molecule is CC(=O)Nc1ccc(NC(=O)[C@@H](C)OC(=O)C[C@H]2C=CCC2)cc1. The van der Waals surface area contributed by atoms with Crippen LogP contribution in [-0.4, -0.2) is 23.9 Å². The zero-order valence-electron chi connectivity index (χ0n) is 13.9. The van der Waals surface area contributed by atoms with E-state index < -0.39 is 12.0 Å². The van der Waals surface area contributed by atoms with Crippen LogP contribution >= 0.6 is 0 Å². The maximum atomic E-state index is 12.1. The van der Waals surface area contributed by atoms with E-state index in [1.807, 2.05) is 6.08 Å². The second-order valence-corrected chi connectivity index (χ2v) is 5.85. The molecule has 2 atom stereocenters. The number of nitrogens with one attached hydrogen (secondary N) is 2. The Balaban J connectivity index is 1.81. The molecule has 0 radical (unpaired) electrons. The summed E-state index contributed by atoms with van der Waals surface area (Å²) in [7, 11) is 0. The van der Waals surface area contributed by atoms with Gasteiger partial charge in [0, 0.05) is 18.3 Å². The average molecular weight is 330 g/mol. The quantitative estimate of drug-likeness (QED) is 0.620. The first-order valence-corrected chi connectivity index (χ1v) is 7.98. The summed E-state index contributed by atoms with van der Waals surface area (Å²) in [6.07, 6.45) is 5.46. The van der Waals surface area contributed by atoms with Crippen LogP contribution in [0.3, 0.4) is 0 Å². The van der Waals surface area contributed by atoms with Gasteiger partial charge in [0.2, 0.25) is 5.91 Å². The van der Waals surface area contributed by atoms with Gasteiger partial charge in [0.25, 0.3) is 5.91 Å². The van der Waals surface area contributed by atoms with Gasteiger partial charge in [0.1, 0.15) is 0 Å². The first-order valence-electron chi connectivity index (χ1n) is 7.98. The molecule has 0 unspecified atom stereocenters. The molecule has 0 heterocycles. The van der Waals surface area contributed by atoms with Crippen molar-refractivity contribution in [2.45, 2.75) is 39.2 Å². The smallest absolute Gasteiger partial charge is 0.307 e. The van der Waals surface area contributed by atoms with Gasteiger partial charge in [-0.1, -0.05) is 12.2 Å². The van der Waals surface area contributed by atoms with Crippen molar-refractivity contribution < 1.29 is 19.1 Å².